The van der Waals surface area contributed by atoms with Crippen LogP contribution in [-0.4, -0.2) is 67.6 Å². The molecule has 0 saturated carbocycles. The van der Waals surface area contributed by atoms with E-state index in [4.69, 9.17) is 0 Å². The molecule has 5 heterocycles. The van der Waals surface area contributed by atoms with E-state index in [1.807, 2.05) is 12.1 Å². The van der Waals surface area contributed by atoms with E-state index in [-0.39, 0.29) is 23.7 Å². The number of rotatable bonds is 4. The molecular weight excluding hydrogens is 347 g/mol. The maximum absolute atomic E-state index is 13.4. The molecule has 4 aliphatic rings. The first kappa shape index (κ1) is 16.8. The van der Waals surface area contributed by atoms with E-state index >= 15 is 0 Å². The standard InChI is InChI=1S/C19H23FN6O/c20-15-3-1-13(2-4-15)16-11-26(17(27)7-10-25-12-21-22-23-25)18-14-5-8-24(9-6-14)19(16)18/h1-4,12,14,16,18-19H,5-11H2/t16-,18+,19+/m0/s1. The van der Waals surface area contributed by atoms with Crippen LogP contribution in [0.4, 0.5) is 4.39 Å². The van der Waals surface area contributed by atoms with Crippen LogP contribution < -0.4 is 0 Å². The van der Waals surface area contributed by atoms with Crippen LogP contribution in [0.15, 0.2) is 30.6 Å². The predicted octanol–water partition coefficient (Wildman–Crippen LogP) is 1.29. The zero-order chi connectivity index (χ0) is 18.4. The van der Waals surface area contributed by atoms with Gasteiger partial charge in [0, 0.05) is 24.9 Å². The second-order valence-corrected chi connectivity index (χ2v) is 7.88. The van der Waals surface area contributed by atoms with Crippen molar-refractivity contribution in [2.24, 2.45) is 5.92 Å². The Labute approximate surface area is 157 Å². The summed E-state index contributed by atoms with van der Waals surface area (Å²) in [7, 11) is 0. The smallest absolute Gasteiger partial charge is 0.224 e. The summed E-state index contributed by atoms with van der Waals surface area (Å²) in [5.41, 5.74) is 1.13. The summed E-state index contributed by atoms with van der Waals surface area (Å²) in [6, 6.07) is 7.44. The Bertz CT molecular complexity index is 802. The highest BCUT2D eigenvalue weighted by Gasteiger charge is 2.54. The van der Waals surface area contributed by atoms with Crippen molar-refractivity contribution in [1.29, 1.82) is 0 Å². The molecule has 4 saturated heterocycles. The van der Waals surface area contributed by atoms with Gasteiger partial charge in [-0.05, 0) is 60.0 Å². The minimum Gasteiger partial charge on any atom is -0.337 e. The second-order valence-electron chi connectivity index (χ2n) is 7.88. The predicted molar refractivity (Wildman–Crippen MR) is 95.2 cm³/mol. The van der Waals surface area contributed by atoms with Gasteiger partial charge in [-0.25, -0.2) is 9.07 Å². The molecule has 27 heavy (non-hydrogen) atoms. The monoisotopic (exact) mass is 370 g/mol. The van der Waals surface area contributed by atoms with Crippen molar-refractivity contribution in [2.75, 3.05) is 19.6 Å². The number of likely N-dealkylation sites (tertiary alicyclic amines) is 1. The Hall–Kier alpha value is -2.35. The first-order valence-corrected chi connectivity index (χ1v) is 9.70. The number of fused-ring (bicyclic) bond motifs is 2. The van der Waals surface area contributed by atoms with Crippen molar-refractivity contribution in [3.63, 3.8) is 0 Å². The number of halogens is 1. The molecular formula is C19H23FN6O. The molecule has 7 nitrogen and oxygen atoms in total. The van der Waals surface area contributed by atoms with E-state index in [2.05, 4.69) is 25.3 Å². The lowest BCUT2D eigenvalue weighted by Crippen LogP contribution is -2.60. The molecule has 3 atom stereocenters. The first-order chi connectivity index (χ1) is 13.2. The number of carbonyl (C=O) groups excluding carboxylic acids is 1. The second kappa shape index (κ2) is 6.67. The molecule has 2 aromatic rings. The minimum absolute atomic E-state index is 0.166. The van der Waals surface area contributed by atoms with E-state index in [0.717, 1.165) is 31.5 Å². The number of carbonyl (C=O) groups is 1. The molecule has 1 aromatic heterocycles. The summed E-state index contributed by atoms with van der Waals surface area (Å²) in [5, 5.41) is 11.1. The van der Waals surface area contributed by atoms with Crippen molar-refractivity contribution in [3.8, 4) is 0 Å². The Kier molecular flexibility index (Phi) is 4.15. The lowest BCUT2D eigenvalue weighted by atomic mass is 9.75. The fourth-order valence-corrected chi connectivity index (χ4v) is 5.34. The van der Waals surface area contributed by atoms with Crippen LogP contribution in [-0.2, 0) is 11.3 Å². The summed E-state index contributed by atoms with van der Waals surface area (Å²) >= 11 is 0. The number of tetrazole rings is 1. The van der Waals surface area contributed by atoms with Crippen LogP contribution in [0, 0.1) is 11.7 Å². The molecule has 4 fully saturated rings. The molecule has 6 rings (SSSR count). The molecule has 0 N–H and O–H groups in total. The van der Waals surface area contributed by atoms with Crippen LogP contribution in [0.5, 0.6) is 0 Å². The number of hydrogen-bond donors (Lipinski definition) is 0. The molecule has 4 aliphatic heterocycles. The van der Waals surface area contributed by atoms with Gasteiger partial charge in [0.1, 0.15) is 12.1 Å². The third kappa shape index (κ3) is 2.92. The highest BCUT2D eigenvalue weighted by molar-refractivity contribution is 5.77. The maximum atomic E-state index is 13.4. The van der Waals surface area contributed by atoms with Crippen molar-refractivity contribution in [1.82, 2.24) is 30.0 Å². The Balaban J connectivity index is 1.40. The van der Waals surface area contributed by atoms with Gasteiger partial charge in [-0.1, -0.05) is 12.1 Å². The zero-order valence-electron chi connectivity index (χ0n) is 15.1. The number of piperidine rings is 3. The first-order valence-electron chi connectivity index (χ1n) is 9.70. The van der Waals surface area contributed by atoms with Crippen LogP contribution in [0.2, 0.25) is 0 Å². The van der Waals surface area contributed by atoms with E-state index in [9.17, 15) is 9.18 Å². The molecule has 142 valence electrons. The average molecular weight is 370 g/mol. The normalized spacial score (nSPS) is 31.9. The Morgan fingerprint density at radius 3 is 2.63 bits per heavy atom. The zero-order valence-corrected chi connectivity index (χ0v) is 15.1. The summed E-state index contributed by atoms with van der Waals surface area (Å²) in [6.45, 7) is 3.42. The third-order valence-corrected chi connectivity index (χ3v) is 6.56. The largest absolute Gasteiger partial charge is 0.337 e. The lowest BCUT2D eigenvalue weighted by Gasteiger charge is -2.51. The highest BCUT2D eigenvalue weighted by atomic mass is 19.1. The SMILES string of the molecule is O=C(CCn1cnnn1)N1C[C@@H](c2ccc(F)cc2)[C@@H]2[C@H]1C1CCN2CC1. The summed E-state index contributed by atoms with van der Waals surface area (Å²) in [6.07, 6.45) is 4.26. The summed E-state index contributed by atoms with van der Waals surface area (Å²) in [5.74, 6) is 0.769. The quantitative estimate of drug-likeness (QED) is 0.811. The van der Waals surface area contributed by atoms with Gasteiger partial charge in [-0.3, -0.25) is 9.69 Å². The van der Waals surface area contributed by atoms with Crippen LogP contribution in [0.3, 0.4) is 0 Å². The van der Waals surface area contributed by atoms with Crippen molar-refractivity contribution in [3.05, 3.63) is 42.0 Å². The van der Waals surface area contributed by atoms with Gasteiger partial charge < -0.3 is 4.90 Å². The molecule has 1 aromatic carbocycles. The lowest BCUT2D eigenvalue weighted by molar-refractivity contribution is -0.136. The van der Waals surface area contributed by atoms with Gasteiger partial charge in [0.05, 0.1) is 12.6 Å². The summed E-state index contributed by atoms with van der Waals surface area (Å²) in [4.78, 5) is 17.7. The molecule has 8 heteroatoms. The van der Waals surface area contributed by atoms with Gasteiger partial charge in [0.2, 0.25) is 5.91 Å². The van der Waals surface area contributed by atoms with Crippen LogP contribution in [0.1, 0.15) is 30.7 Å². The van der Waals surface area contributed by atoms with Gasteiger partial charge in [-0.15, -0.1) is 5.10 Å². The fraction of sp³-hybridized carbons (Fsp3) is 0.579. The van der Waals surface area contributed by atoms with E-state index in [0.29, 0.717) is 31.5 Å². The van der Waals surface area contributed by atoms with Gasteiger partial charge in [0.15, 0.2) is 0 Å². The number of benzene rings is 1. The molecule has 1 amide bonds. The molecule has 0 spiro atoms. The van der Waals surface area contributed by atoms with Crippen LogP contribution >= 0.6 is 0 Å². The number of amides is 1. The fourth-order valence-electron chi connectivity index (χ4n) is 5.34. The number of aryl methyl sites for hydroxylation is 1. The molecule has 0 radical (unpaired) electrons. The Morgan fingerprint density at radius 1 is 1.15 bits per heavy atom. The third-order valence-electron chi connectivity index (χ3n) is 6.56. The molecule has 0 aliphatic carbocycles. The average Bonchev–Trinajstić information content (AvgIpc) is 3.37. The van der Waals surface area contributed by atoms with Crippen molar-refractivity contribution >= 4 is 5.91 Å². The summed E-state index contributed by atoms with van der Waals surface area (Å²) < 4.78 is 15.0. The molecule has 0 unspecified atom stereocenters. The molecule has 2 bridgehead atoms. The van der Waals surface area contributed by atoms with Crippen LogP contribution in [0.25, 0.3) is 0 Å². The maximum Gasteiger partial charge on any atom is 0.224 e. The van der Waals surface area contributed by atoms with Gasteiger partial charge in [0.25, 0.3) is 0 Å². The topological polar surface area (TPSA) is 67.2 Å². The van der Waals surface area contributed by atoms with E-state index < -0.39 is 0 Å². The van der Waals surface area contributed by atoms with Crippen molar-refractivity contribution < 1.29 is 9.18 Å². The highest BCUT2D eigenvalue weighted by Crippen LogP contribution is 2.46. The minimum atomic E-state index is -0.215. The number of nitrogens with zero attached hydrogens (tertiary/aromatic N) is 6. The number of hydrogen-bond acceptors (Lipinski definition) is 5. The van der Waals surface area contributed by atoms with Gasteiger partial charge in [-0.2, -0.15) is 0 Å². The van der Waals surface area contributed by atoms with Crippen molar-refractivity contribution in [2.45, 2.75) is 43.8 Å². The Morgan fingerprint density at radius 2 is 1.93 bits per heavy atom. The van der Waals surface area contributed by atoms with E-state index in [1.54, 1.807) is 4.68 Å². The van der Waals surface area contributed by atoms with E-state index in [1.165, 1.54) is 18.5 Å². The number of aromatic nitrogens is 4. The van der Waals surface area contributed by atoms with Gasteiger partial charge >= 0.3 is 0 Å².